The van der Waals surface area contributed by atoms with E-state index in [0.29, 0.717) is 17.9 Å². The van der Waals surface area contributed by atoms with Crippen molar-refractivity contribution in [2.24, 2.45) is 0 Å². The van der Waals surface area contributed by atoms with Crippen molar-refractivity contribution in [3.63, 3.8) is 0 Å². The van der Waals surface area contributed by atoms with Crippen molar-refractivity contribution >= 4 is 11.5 Å². The second kappa shape index (κ2) is 3.86. The topological polar surface area (TPSA) is 69.9 Å². The number of carbonyl (C=O) groups is 1. The van der Waals surface area contributed by atoms with Crippen LogP contribution in [0.4, 0.5) is 0 Å². The minimum atomic E-state index is -0.322. The number of nitrogens with zero attached hydrogens (tertiary/aromatic N) is 4. The summed E-state index contributed by atoms with van der Waals surface area (Å²) < 4.78 is 6.50. The molecule has 1 aromatic heterocycles. The number of esters is 1. The molecule has 6 heteroatoms. The summed E-state index contributed by atoms with van der Waals surface area (Å²) in [6.07, 6.45) is 1.86. The van der Waals surface area contributed by atoms with Gasteiger partial charge in [-0.25, -0.2) is 9.48 Å². The maximum atomic E-state index is 11.7. The van der Waals surface area contributed by atoms with Crippen LogP contribution in [-0.4, -0.2) is 33.3 Å². The van der Waals surface area contributed by atoms with E-state index in [4.69, 9.17) is 4.74 Å². The molecular formula is C14H10N4O2. The Morgan fingerprint density at radius 1 is 1.30 bits per heavy atom. The molecule has 2 aliphatic rings. The normalized spacial score (nSPS) is 15.3. The van der Waals surface area contributed by atoms with Gasteiger partial charge in [-0.15, -0.1) is 5.10 Å². The van der Waals surface area contributed by atoms with E-state index < -0.39 is 0 Å². The van der Waals surface area contributed by atoms with E-state index >= 15 is 0 Å². The maximum Gasteiger partial charge on any atom is 0.338 e. The highest BCUT2D eigenvalue weighted by molar-refractivity contribution is 6.08. The maximum absolute atomic E-state index is 11.7. The number of methoxy groups -OCH3 is 1. The van der Waals surface area contributed by atoms with Crippen LogP contribution in [0.15, 0.2) is 41.5 Å². The Morgan fingerprint density at radius 3 is 2.90 bits per heavy atom. The zero-order valence-electron chi connectivity index (χ0n) is 10.7. The number of rotatable bonds is 1. The molecule has 4 rings (SSSR count). The van der Waals surface area contributed by atoms with E-state index in [0.717, 1.165) is 22.3 Å². The van der Waals surface area contributed by atoms with Gasteiger partial charge < -0.3 is 4.74 Å². The van der Waals surface area contributed by atoms with Gasteiger partial charge in [-0.1, -0.05) is 24.3 Å². The van der Waals surface area contributed by atoms with Gasteiger partial charge in [0.25, 0.3) is 0 Å². The van der Waals surface area contributed by atoms with Crippen molar-refractivity contribution in [2.75, 3.05) is 7.11 Å². The molecule has 0 spiro atoms. The molecule has 98 valence electrons. The first-order chi connectivity index (χ1) is 9.79. The number of benzene rings is 1. The number of tetrazole rings is 1. The van der Waals surface area contributed by atoms with Gasteiger partial charge in [0.1, 0.15) is 0 Å². The number of fused-ring (bicyclic) bond motifs is 4. The Bertz CT molecular complexity index is 801. The second-order valence-corrected chi connectivity index (χ2v) is 4.65. The summed E-state index contributed by atoms with van der Waals surface area (Å²) in [5.41, 5.74) is 4.59. The van der Waals surface area contributed by atoms with Crippen LogP contribution in [0.5, 0.6) is 0 Å². The molecule has 0 saturated carbocycles. The Balaban J connectivity index is 1.91. The lowest BCUT2D eigenvalue weighted by Crippen LogP contribution is -2.18. The molecule has 20 heavy (non-hydrogen) atoms. The number of hydrogen-bond acceptors (Lipinski definition) is 5. The number of ether oxygens (including phenoxy) is 1. The summed E-state index contributed by atoms with van der Waals surface area (Å²) in [6, 6.07) is 7.91. The lowest BCUT2D eigenvalue weighted by molar-refractivity contribution is -0.135. The van der Waals surface area contributed by atoms with E-state index in [-0.39, 0.29) is 5.97 Å². The fraction of sp³-hybridized carbons (Fsp3) is 0.143. The summed E-state index contributed by atoms with van der Waals surface area (Å²) >= 11 is 0. The molecule has 0 amide bonds. The van der Waals surface area contributed by atoms with Crippen molar-refractivity contribution < 1.29 is 9.53 Å². The Labute approximate surface area is 114 Å². The molecule has 1 aromatic carbocycles. The first-order valence-electron chi connectivity index (χ1n) is 6.19. The summed E-state index contributed by atoms with van der Waals surface area (Å²) in [6.45, 7) is 0.479. The minimum Gasteiger partial charge on any atom is -0.465 e. The third-order valence-electron chi connectivity index (χ3n) is 3.64. The first kappa shape index (κ1) is 11.1. The highest BCUT2D eigenvalue weighted by Crippen LogP contribution is 2.42. The van der Waals surface area contributed by atoms with Gasteiger partial charge in [-0.05, 0) is 33.2 Å². The molecular weight excluding hydrogens is 256 g/mol. The number of aromatic nitrogens is 4. The Morgan fingerprint density at radius 2 is 2.10 bits per heavy atom. The molecule has 0 fully saturated rings. The molecule has 0 N–H and O–H groups in total. The van der Waals surface area contributed by atoms with Gasteiger partial charge >= 0.3 is 5.97 Å². The van der Waals surface area contributed by atoms with Crippen LogP contribution in [0.3, 0.4) is 0 Å². The minimum absolute atomic E-state index is 0.322. The first-order valence-corrected chi connectivity index (χ1v) is 6.19. The van der Waals surface area contributed by atoms with Gasteiger partial charge in [0, 0.05) is 5.56 Å². The number of allylic oxidation sites excluding steroid dienone is 2. The average Bonchev–Trinajstić information content (AvgIpc) is 2.89. The van der Waals surface area contributed by atoms with E-state index in [1.807, 2.05) is 30.3 Å². The smallest absolute Gasteiger partial charge is 0.338 e. The van der Waals surface area contributed by atoms with Crippen LogP contribution in [0.1, 0.15) is 5.56 Å². The summed E-state index contributed by atoms with van der Waals surface area (Å²) in [4.78, 5) is 11.7. The van der Waals surface area contributed by atoms with E-state index in [1.165, 1.54) is 7.11 Å². The fourth-order valence-corrected chi connectivity index (χ4v) is 2.66. The highest BCUT2D eigenvalue weighted by Gasteiger charge is 2.32. The molecule has 0 bridgehead atoms. The molecule has 6 nitrogen and oxygen atoms in total. The van der Waals surface area contributed by atoms with Crippen molar-refractivity contribution in [3.05, 3.63) is 47.1 Å². The Kier molecular flexibility index (Phi) is 2.14. The Hall–Kier alpha value is -2.76. The standard InChI is InChI=1S/C14H10N4O2/c1-20-14(19)11-6-10-8-4-2-3-5-9(8)13-15-16-17-18(13)7-12(10)11/h2-6H,7H2,1H3. The lowest BCUT2D eigenvalue weighted by Gasteiger charge is -2.21. The van der Waals surface area contributed by atoms with Gasteiger partial charge in [-0.3, -0.25) is 0 Å². The predicted octanol–water partition coefficient (Wildman–Crippen LogP) is 1.22. The fourth-order valence-electron chi connectivity index (χ4n) is 2.66. The largest absolute Gasteiger partial charge is 0.465 e. The molecule has 2 aromatic rings. The van der Waals surface area contributed by atoms with Gasteiger partial charge in [0.05, 0.1) is 19.2 Å². The SMILES string of the molecule is COC(=O)C1=CC2=C1Cn1nnnc1-c1ccccc12. The van der Waals surface area contributed by atoms with E-state index in [2.05, 4.69) is 15.5 Å². The van der Waals surface area contributed by atoms with Crippen molar-refractivity contribution in [3.8, 4) is 11.4 Å². The van der Waals surface area contributed by atoms with Crippen LogP contribution in [0.2, 0.25) is 0 Å². The monoisotopic (exact) mass is 266 g/mol. The van der Waals surface area contributed by atoms with Crippen LogP contribution >= 0.6 is 0 Å². The van der Waals surface area contributed by atoms with Crippen LogP contribution < -0.4 is 0 Å². The third kappa shape index (κ3) is 1.33. The van der Waals surface area contributed by atoms with E-state index in [1.54, 1.807) is 4.68 Å². The van der Waals surface area contributed by atoms with Crippen molar-refractivity contribution in [1.82, 2.24) is 20.2 Å². The van der Waals surface area contributed by atoms with Gasteiger partial charge in [0.15, 0.2) is 5.82 Å². The zero-order valence-corrected chi connectivity index (χ0v) is 10.7. The molecule has 1 aliphatic heterocycles. The third-order valence-corrected chi connectivity index (χ3v) is 3.64. The molecule has 2 heterocycles. The molecule has 0 radical (unpaired) electrons. The molecule has 0 saturated heterocycles. The number of carbonyl (C=O) groups excluding carboxylic acids is 1. The molecule has 1 aliphatic carbocycles. The summed E-state index contributed by atoms with van der Waals surface area (Å²) in [5.74, 6) is 0.394. The quantitative estimate of drug-likeness (QED) is 0.726. The van der Waals surface area contributed by atoms with Crippen molar-refractivity contribution in [2.45, 2.75) is 6.54 Å². The predicted molar refractivity (Wildman–Crippen MR) is 70.3 cm³/mol. The van der Waals surface area contributed by atoms with Crippen molar-refractivity contribution in [1.29, 1.82) is 0 Å². The average molecular weight is 266 g/mol. The van der Waals surface area contributed by atoms with Crippen LogP contribution in [0.25, 0.3) is 17.0 Å². The molecule has 0 atom stereocenters. The molecule has 0 unspecified atom stereocenters. The summed E-state index contributed by atoms with van der Waals surface area (Å²) in [7, 11) is 1.38. The van der Waals surface area contributed by atoms with E-state index in [9.17, 15) is 4.79 Å². The van der Waals surface area contributed by atoms with Gasteiger partial charge in [-0.2, -0.15) is 0 Å². The van der Waals surface area contributed by atoms with Crippen LogP contribution in [0, 0.1) is 0 Å². The van der Waals surface area contributed by atoms with Gasteiger partial charge in [0.2, 0.25) is 0 Å². The van der Waals surface area contributed by atoms with Crippen LogP contribution in [-0.2, 0) is 16.1 Å². The zero-order chi connectivity index (χ0) is 13.7. The summed E-state index contributed by atoms with van der Waals surface area (Å²) in [5, 5.41) is 11.8. The second-order valence-electron chi connectivity index (χ2n) is 4.65. The lowest BCUT2D eigenvalue weighted by atomic mass is 9.83. The number of hydrogen-bond donors (Lipinski definition) is 0. The highest BCUT2D eigenvalue weighted by atomic mass is 16.5.